The van der Waals surface area contributed by atoms with E-state index in [1.807, 2.05) is 39.0 Å². The van der Waals surface area contributed by atoms with Crippen molar-refractivity contribution in [3.8, 4) is 16.9 Å². The average Bonchev–Trinajstić information content (AvgIpc) is 3.27. The zero-order valence-electron chi connectivity index (χ0n) is 26.1. The van der Waals surface area contributed by atoms with Crippen LogP contribution in [0.4, 0.5) is 10.5 Å². The first-order chi connectivity index (χ1) is 20.0. The topological polar surface area (TPSA) is 56.6 Å². The van der Waals surface area contributed by atoms with Crippen molar-refractivity contribution < 1.29 is 14.3 Å². The van der Waals surface area contributed by atoms with E-state index in [0.29, 0.717) is 11.2 Å². The van der Waals surface area contributed by atoms with Gasteiger partial charge in [0.1, 0.15) is 17.2 Å². The van der Waals surface area contributed by atoms with Gasteiger partial charge in [0.2, 0.25) is 0 Å². The van der Waals surface area contributed by atoms with Gasteiger partial charge in [0, 0.05) is 37.3 Å². The number of ether oxygens (including phenoxy) is 2. The van der Waals surface area contributed by atoms with Crippen LogP contribution in [0.5, 0.6) is 5.75 Å². The molecule has 0 N–H and O–H groups in total. The van der Waals surface area contributed by atoms with Crippen molar-refractivity contribution in [1.82, 2.24) is 9.55 Å². The lowest BCUT2D eigenvalue weighted by Gasteiger charge is -2.39. The number of carbonyl (C=O) groups excluding carboxylic acids is 1. The van der Waals surface area contributed by atoms with E-state index in [0.717, 1.165) is 61.4 Å². The Bertz CT molecular complexity index is 1530. The van der Waals surface area contributed by atoms with Gasteiger partial charge in [-0.15, -0.1) is 0 Å². The van der Waals surface area contributed by atoms with Gasteiger partial charge in [0.05, 0.1) is 11.0 Å². The van der Waals surface area contributed by atoms with E-state index >= 15 is 0 Å². The standard InChI is InChI=1S/C36H45N3O3/c1-7-8-14-33-37-30-20-19-28(38-22-11-21-36(5,6)25-38)23-31(30)39(33)24-26-15-17-27(18-16-26)29-12-9-10-13-32(29)41-34(40)42-35(2,3)4/h9-10,12-13,15-20,23H,7-8,11,14,21-22,24-25H2,1-6H3. The molecule has 42 heavy (non-hydrogen) atoms. The van der Waals surface area contributed by atoms with Crippen LogP contribution in [0.1, 0.15) is 78.6 Å². The highest BCUT2D eigenvalue weighted by Gasteiger charge is 2.27. The number of imidazole rings is 1. The first kappa shape index (κ1) is 29.7. The summed E-state index contributed by atoms with van der Waals surface area (Å²) < 4.78 is 13.4. The molecule has 1 saturated heterocycles. The third kappa shape index (κ3) is 7.15. The van der Waals surface area contributed by atoms with E-state index in [2.05, 4.69) is 72.7 Å². The number of hydrogen-bond donors (Lipinski definition) is 0. The summed E-state index contributed by atoms with van der Waals surface area (Å²) in [4.78, 5) is 20.0. The zero-order chi connectivity index (χ0) is 29.9. The van der Waals surface area contributed by atoms with E-state index in [9.17, 15) is 4.79 Å². The van der Waals surface area contributed by atoms with Gasteiger partial charge >= 0.3 is 6.16 Å². The van der Waals surface area contributed by atoms with E-state index in [1.54, 1.807) is 6.07 Å². The SMILES string of the molecule is CCCCc1nc2ccc(N3CCCC(C)(C)C3)cc2n1Cc1ccc(-c2ccccc2OC(=O)OC(C)(C)C)cc1. The van der Waals surface area contributed by atoms with Crippen LogP contribution in [0.2, 0.25) is 0 Å². The lowest BCUT2D eigenvalue weighted by atomic mass is 9.84. The number of aryl methyl sites for hydroxylation is 1. The van der Waals surface area contributed by atoms with Gasteiger partial charge in [0.15, 0.2) is 0 Å². The Morgan fingerprint density at radius 1 is 1.02 bits per heavy atom. The molecule has 222 valence electrons. The molecule has 0 spiro atoms. The van der Waals surface area contributed by atoms with Crippen molar-refractivity contribution in [2.45, 2.75) is 85.8 Å². The maximum Gasteiger partial charge on any atom is 0.514 e. The fourth-order valence-corrected chi connectivity index (χ4v) is 5.83. The molecular formula is C36H45N3O3. The monoisotopic (exact) mass is 567 g/mol. The Hall–Kier alpha value is -3.80. The van der Waals surface area contributed by atoms with Gasteiger partial charge < -0.3 is 18.9 Å². The van der Waals surface area contributed by atoms with Crippen LogP contribution in [0.25, 0.3) is 22.2 Å². The molecule has 0 saturated carbocycles. The van der Waals surface area contributed by atoms with Crippen LogP contribution < -0.4 is 9.64 Å². The number of carbonyl (C=O) groups is 1. The fourth-order valence-electron chi connectivity index (χ4n) is 5.83. The molecule has 1 fully saturated rings. The molecule has 4 aromatic rings. The van der Waals surface area contributed by atoms with Crippen molar-refractivity contribution in [3.05, 3.63) is 78.1 Å². The second kappa shape index (κ2) is 12.2. The second-order valence-corrected chi connectivity index (χ2v) is 13.3. The quantitative estimate of drug-likeness (QED) is 0.157. The van der Waals surface area contributed by atoms with Gasteiger partial charge in [-0.2, -0.15) is 0 Å². The molecule has 6 heteroatoms. The highest BCUT2D eigenvalue weighted by atomic mass is 16.7. The number of anilines is 1. The number of piperidine rings is 1. The summed E-state index contributed by atoms with van der Waals surface area (Å²) in [5.41, 5.74) is 6.29. The van der Waals surface area contributed by atoms with Crippen molar-refractivity contribution in [2.75, 3.05) is 18.0 Å². The molecule has 5 rings (SSSR count). The van der Waals surface area contributed by atoms with Crippen LogP contribution in [-0.4, -0.2) is 34.4 Å². The van der Waals surface area contributed by atoms with Crippen LogP contribution in [-0.2, 0) is 17.7 Å². The zero-order valence-corrected chi connectivity index (χ0v) is 26.1. The Balaban J connectivity index is 1.42. The number of fused-ring (bicyclic) bond motifs is 1. The molecule has 0 bridgehead atoms. The molecule has 2 heterocycles. The molecule has 1 aromatic heterocycles. The molecule has 0 radical (unpaired) electrons. The van der Waals surface area contributed by atoms with E-state index in [-0.39, 0.29) is 0 Å². The predicted octanol–water partition coefficient (Wildman–Crippen LogP) is 9.03. The Labute approximate surface area is 250 Å². The van der Waals surface area contributed by atoms with Crippen LogP contribution in [0, 0.1) is 5.41 Å². The van der Waals surface area contributed by atoms with Crippen LogP contribution in [0.15, 0.2) is 66.7 Å². The van der Waals surface area contributed by atoms with E-state index in [4.69, 9.17) is 14.5 Å². The van der Waals surface area contributed by atoms with Crippen molar-refractivity contribution in [3.63, 3.8) is 0 Å². The second-order valence-electron chi connectivity index (χ2n) is 13.3. The number of para-hydroxylation sites is 1. The maximum atomic E-state index is 12.4. The highest BCUT2D eigenvalue weighted by Crippen LogP contribution is 2.34. The van der Waals surface area contributed by atoms with Gasteiger partial charge in [-0.3, -0.25) is 0 Å². The van der Waals surface area contributed by atoms with Gasteiger partial charge in [-0.25, -0.2) is 9.78 Å². The largest absolute Gasteiger partial charge is 0.514 e. The number of hydrogen-bond acceptors (Lipinski definition) is 5. The summed E-state index contributed by atoms with van der Waals surface area (Å²) in [6.45, 7) is 15.4. The van der Waals surface area contributed by atoms with E-state index in [1.165, 1.54) is 29.6 Å². The number of rotatable bonds is 8. The lowest BCUT2D eigenvalue weighted by Crippen LogP contribution is -2.40. The maximum absolute atomic E-state index is 12.4. The predicted molar refractivity (Wildman–Crippen MR) is 171 cm³/mol. The van der Waals surface area contributed by atoms with E-state index < -0.39 is 11.8 Å². The first-order valence-corrected chi connectivity index (χ1v) is 15.3. The summed E-state index contributed by atoms with van der Waals surface area (Å²) in [6, 6.07) is 22.9. The number of benzene rings is 3. The molecule has 0 aliphatic carbocycles. The Morgan fingerprint density at radius 3 is 2.50 bits per heavy atom. The summed E-state index contributed by atoms with van der Waals surface area (Å²) in [5, 5.41) is 0. The third-order valence-electron chi connectivity index (χ3n) is 7.91. The minimum atomic E-state index is -0.703. The number of aromatic nitrogens is 2. The van der Waals surface area contributed by atoms with Gasteiger partial charge in [0.25, 0.3) is 0 Å². The van der Waals surface area contributed by atoms with Crippen LogP contribution >= 0.6 is 0 Å². The number of unbranched alkanes of at least 4 members (excludes halogenated alkanes) is 1. The van der Waals surface area contributed by atoms with Crippen molar-refractivity contribution in [2.24, 2.45) is 5.41 Å². The minimum Gasteiger partial charge on any atom is -0.428 e. The molecule has 3 aromatic carbocycles. The first-order valence-electron chi connectivity index (χ1n) is 15.3. The normalized spacial score (nSPS) is 15.1. The molecular weight excluding hydrogens is 522 g/mol. The minimum absolute atomic E-state index is 0.331. The number of nitrogens with zero attached hydrogens (tertiary/aromatic N) is 3. The van der Waals surface area contributed by atoms with Crippen molar-refractivity contribution >= 4 is 22.9 Å². The smallest absolute Gasteiger partial charge is 0.428 e. The summed E-state index contributed by atoms with van der Waals surface area (Å²) in [7, 11) is 0. The van der Waals surface area contributed by atoms with Gasteiger partial charge in [-0.1, -0.05) is 69.7 Å². The molecule has 0 unspecified atom stereocenters. The molecule has 1 aliphatic rings. The lowest BCUT2D eigenvalue weighted by molar-refractivity contribution is 0.0207. The molecule has 6 nitrogen and oxygen atoms in total. The fraction of sp³-hybridized carbons (Fsp3) is 0.444. The van der Waals surface area contributed by atoms with Gasteiger partial charge in [-0.05, 0) is 80.8 Å². The Kier molecular flexibility index (Phi) is 8.63. The molecule has 0 atom stereocenters. The summed E-state index contributed by atoms with van der Waals surface area (Å²) >= 11 is 0. The van der Waals surface area contributed by atoms with Crippen molar-refractivity contribution in [1.29, 1.82) is 0 Å². The summed E-state index contributed by atoms with van der Waals surface area (Å²) in [6.07, 6.45) is 5.01. The molecule has 1 aliphatic heterocycles. The summed E-state index contributed by atoms with van der Waals surface area (Å²) in [5.74, 6) is 1.62. The third-order valence-corrected chi connectivity index (χ3v) is 7.91. The highest BCUT2D eigenvalue weighted by molar-refractivity contribution is 5.81. The van der Waals surface area contributed by atoms with Crippen LogP contribution in [0.3, 0.4) is 0 Å². The molecule has 0 amide bonds. The Morgan fingerprint density at radius 2 is 1.79 bits per heavy atom. The average molecular weight is 568 g/mol.